The molecule has 3 aliphatic carbocycles. The molecule has 21 heavy (non-hydrogen) atoms. The number of hydrogen-bond acceptors (Lipinski definition) is 2. The van der Waals surface area contributed by atoms with E-state index in [9.17, 15) is 31.9 Å². The first kappa shape index (κ1) is 16.0. The highest BCUT2D eigenvalue weighted by Gasteiger charge is 2.61. The van der Waals surface area contributed by atoms with Crippen LogP contribution in [-0.2, 0) is 4.79 Å². The SMILES string of the molecule is CC1=C2CCCCCC(C(=O)[O-])(C(F)=C2F)C1C(F)(F)F. The quantitative estimate of drug-likeness (QED) is 0.697. The van der Waals surface area contributed by atoms with Gasteiger partial charge in [-0.1, -0.05) is 18.4 Å². The second-order valence-electron chi connectivity index (χ2n) is 5.58. The Hall–Kier alpha value is -1.40. The molecule has 2 unspecified atom stereocenters. The first-order valence-corrected chi connectivity index (χ1v) is 6.68. The summed E-state index contributed by atoms with van der Waals surface area (Å²) in [6.07, 6.45) is -4.76. The van der Waals surface area contributed by atoms with Crippen molar-refractivity contribution in [3.63, 3.8) is 0 Å². The van der Waals surface area contributed by atoms with Crippen molar-refractivity contribution in [3.8, 4) is 0 Å². The molecule has 0 saturated carbocycles. The molecule has 118 valence electrons. The Kier molecular flexibility index (Phi) is 3.88. The summed E-state index contributed by atoms with van der Waals surface area (Å²) in [7, 11) is 0. The predicted octanol–water partition coefficient (Wildman–Crippen LogP) is 3.35. The molecule has 7 heteroatoms. The predicted molar refractivity (Wildman–Crippen MR) is 62.0 cm³/mol. The summed E-state index contributed by atoms with van der Waals surface area (Å²) in [4.78, 5) is 11.4. The number of carbonyl (C=O) groups is 1. The second-order valence-corrected chi connectivity index (χ2v) is 5.58. The fraction of sp³-hybridized carbons (Fsp3) is 0.643. The molecule has 2 nitrogen and oxygen atoms in total. The average molecular weight is 309 g/mol. The maximum Gasteiger partial charge on any atom is 0.396 e. The molecule has 0 radical (unpaired) electrons. The number of hydrogen-bond donors (Lipinski definition) is 0. The molecule has 0 aromatic heterocycles. The van der Waals surface area contributed by atoms with Crippen molar-refractivity contribution in [2.75, 3.05) is 0 Å². The first-order chi connectivity index (χ1) is 9.64. The van der Waals surface area contributed by atoms with Crippen molar-refractivity contribution in [2.45, 2.75) is 45.2 Å². The second kappa shape index (κ2) is 5.10. The summed E-state index contributed by atoms with van der Waals surface area (Å²) in [5, 5.41) is 11.4. The van der Waals surface area contributed by atoms with Gasteiger partial charge in [-0.15, -0.1) is 0 Å². The summed E-state index contributed by atoms with van der Waals surface area (Å²) < 4.78 is 68.5. The van der Waals surface area contributed by atoms with Crippen LogP contribution in [0, 0.1) is 11.3 Å². The van der Waals surface area contributed by atoms with Crippen molar-refractivity contribution in [1.29, 1.82) is 0 Å². The maximum absolute atomic E-state index is 14.3. The van der Waals surface area contributed by atoms with Gasteiger partial charge >= 0.3 is 6.18 Å². The van der Waals surface area contributed by atoms with E-state index in [1.165, 1.54) is 0 Å². The fourth-order valence-corrected chi connectivity index (χ4v) is 3.45. The van der Waals surface area contributed by atoms with Crippen LogP contribution in [0.15, 0.2) is 22.8 Å². The Labute approximate surface area is 118 Å². The third-order valence-corrected chi connectivity index (χ3v) is 4.44. The number of halogens is 5. The third kappa shape index (κ3) is 2.26. The molecule has 0 N–H and O–H groups in total. The van der Waals surface area contributed by atoms with Gasteiger partial charge in [0.25, 0.3) is 0 Å². The van der Waals surface area contributed by atoms with Crippen LogP contribution in [0.3, 0.4) is 0 Å². The van der Waals surface area contributed by atoms with Crippen molar-refractivity contribution in [2.24, 2.45) is 11.3 Å². The molecule has 3 aliphatic rings. The Balaban J connectivity index is 2.79. The van der Waals surface area contributed by atoms with Crippen LogP contribution in [0.4, 0.5) is 22.0 Å². The molecule has 2 atom stereocenters. The topological polar surface area (TPSA) is 40.1 Å². The minimum Gasteiger partial charge on any atom is -0.549 e. The van der Waals surface area contributed by atoms with Gasteiger partial charge in [-0.05, 0) is 31.8 Å². The molecular formula is C14H14F5O2-. The number of carboxylic acids is 1. The Bertz CT molecular complexity index is 532. The van der Waals surface area contributed by atoms with E-state index in [1.54, 1.807) is 0 Å². The lowest BCUT2D eigenvalue weighted by atomic mass is 9.64. The zero-order chi connectivity index (χ0) is 16.0. The van der Waals surface area contributed by atoms with E-state index in [2.05, 4.69) is 0 Å². The van der Waals surface area contributed by atoms with Crippen molar-refractivity contribution < 1.29 is 31.9 Å². The molecule has 0 aromatic carbocycles. The van der Waals surface area contributed by atoms with Gasteiger partial charge in [0.05, 0.1) is 17.3 Å². The zero-order valence-corrected chi connectivity index (χ0v) is 11.3. The molecule has 0 heterocycles. The van der Waals surface area contributed by atoms with Crippen molar-refractivity contribution in [1.82, 2.24) is 0 Å². The van der Waals surface area contributed by atoms with Crippen LogP contribution in [0.25, 0.3) is 0 Å². The lowest BCUT2D eigenvalue weighted by Gasteiger charge is -2.44. The van der Waals surface area contributed by atoms with E-state index in [0.29, 0.717) is 12.8 Å². The van der Waals surface area contributed by atoms with Crippen LogP contribution in [-0.4, -0.2) is 12.1 Å². The van der Waals surface area contributed by atoms with Gasteiger partial charge in [-0.3, -0.25) is 0 Å². The maximum atomic E-state index is 14.3. The first-order valence-electron chi connectivity index (χ1n) is 6.68. The van der Waals surface area contributed by atoms with Gasteiger partial charge < -0.3 is 9.90 Å². The Morgan fingerprint density at radius 3 is 2.38 bits per heavy atom. The monoisotopic (exact) mass is 309 g/mol. The Morgan fingerprint density at radius 1 is 1.24 bits per heavy atom. The van der Waals surface area contributed by atoms with E-state index in [0.717, 1.165) is 6.92 Å². The highest BCUT2D eigenvalue weighted by molar-refractivity contribution is 5.79. The van der Waals surface area contributed by atoms with E-state index in [1.807, 2.05) is 0 Å². The van der Waals surface area contributed by atoms with Gasteiger partial charge in [-0.2, -0.15) is 13.2 Å². The summed E-state index contributed by atoms with van der Waals surface area (Å²) in [6.45, 7) is 1.03. The highest BCUT2D eigenvalue weighted by atomic mass is 19.4. The summed E-state index contributed by atoms with van der Waals surface area (Å²) in [6, 6.07) is 0. The van der Waals surface area contributed by atoms with Gasteiger partial charge in [0, 0.05) is 0 Å². The lowest BCUT2D eigenvalue weighted by Crippen LogP contribution is -2.54. The van der Waals surface area contributed by atoms with E-state index >= 15 is 0 Å². The van der Waals surface area contributed by atoms with Gasteiger partial charge in [0.1, 0.15) is 5.83 Å². The van der Waals surface area contributed by atoms with Crippen LogP contribution in [0.5, 0.6) is 0 Å². The number of carboxylic acid groups (broad SMARTS) is 1. The van der Waals surface area contributed by atoms with Crippen molar-refractivity contribution >= 4 is 5.97 Å². The molecule has 0 amide bonds. The summed E-state index contributed by atoms with van der Waals surface area (Å²) >= 11 is 0. The summed E-state index contributed by atoms with van der Waals surface area (Å²) in [5.41, 5.74) is -3.79. The zero-order valence-electron chi connectivity index (χ0n) is 11.3. The molecule has 0 saturated heterocycles. The molecule has 0 aromatic rings. The van der Waals surface area contributed by atoms with E-state index in [-0.39, 0.29) is 18.4 Å². The molecular weight excluding hydrogens is 295 g/mol. The number of rotatable bonds is 1. The molecule has 0 spiro atoms. The number of carbonyl (C=O) groups excluding carboxylic acids is 1. The Morgan fingerprint density at radius 2 is 1.86 bits per heavy atom. The van der Waals surface area contributed by atoms with Crippen LogP contribution < -0.4 is 5.11 Å². The third-order valence-electron chi connectivity index (χ3n) is 4.44. The number of fused-ring (bicyclic) bond motifs is 5. The average Bonchev–Trinajstić information content (AvgIpc) is 2.46. The number of allylic oxidation sites excluding steroid dienone is 3. The normalized spacial score (nSPS) is 31.0. The smallest absolute Gasteiger partial charge is 0.396 e. The highest BCUT2D eigenvalue weighted by Crippen LogP contribution is 2.58. The molecule has 3 rings (SSSR count). The standard InChI is InChI=1S/C14H15F5O2/c1-7-8-5-3-2-4-6-13(12(20)21,11(16)9(8)15)10(7)14(17,18)19/h10H,2-6H2,1H3,(H,20,21)/p-1. The molecule has 0 fully saturated rings. The number of alkyl halides is 3. The van der Waals surface area contributed by atoms with Crippen LogP contribution in [0.2, 0.25) is 0 Å². The minimum atomic E-state index is -4.99. The van der Waals surface area contributed by atoms with Crippen molar-refractivity contribution in [3.05, 3.63) is 22.8 Å². The molecule has 2 bridgehead atoms. The van der Waals surface area contributed by atoms with Crippen LogP contribution >= 0.6 is 0 Å². The van der Waals surface area contributed by atoms with Crippen LogP contribution in [0.1, 0.15) is 39.0 Å². The lowest BCUT2D eigenvalue weighted by molar-refractivity contribution is -0.328. The van der Waals surface area contributed by atoms with E-state index in [4.69, 9.17) is 0 Å². The largest absolute Gasteiger partial charge is 0.549 e. The number of aliphatic carboxylic acids is 1. The fourth-order valence-electron chi connectivity index (χ4n) is 3.45. The van der Waals surface area contributed by atoms with E-state index < -0.39 is 47.1 Å². The van der Waals surface area contributed by atoms with Gasteiger partial charge in [0.15, 0.2) is 5.83 Å². The summed E-state index contributed by atoms with van der Waals surface area (Å²) in [5.74, 6) is -8.09. The molecule has 0 aliphatic heterocycles. The van der Waals surface area contributed by atoms with Gasteiger partial charge in [0.2, 0.25) is 0 Å². The van der Waals surface area contributed by atoms with Gasteiger partial charge in [-0.25, -0.2) is 8.78 Å². The minimum absolute atomic E-state index is 0.0270.